The number of hydrogen-bond acceptors (Lipinski definition) is 5. The Bertz CT molecular complexity index is 150. The number of thiol groups is 1. The summed E-state index contributed by atoms with van der Waals surface area (Å²) in [5.41, 5.74) is 0. The lowest BCUT2D eigenvalue weighted by molar-refractivity contribution is -0.137. The molecule has 0 bridgehead atoms. The molecule has 0 aliphatic rings. The Morgan fingerprint density at radius 3 is 2.33 bits per heavy atom. The second-order valence-electron chi connectivity index (χ2n) is 2.52. The third-order valence-corrected chi connectivity index (χ3v) is 2.22. The van der Waals surface area contributed by atoms with Crippen LogP contribution in [0.25, 0.3) is 0 Å². The summed E-state index contributed by atoms with van der Waals surface area (Å²) >= 11 is 3.93. The van der Waals surface area contributed by atoms with Crippen LogP contribution in [-0.4, -0.2) is 45.2 Å². The van der Waals surface area contributed by atoms with Gasteiger partial charge in [-0.2, -0.15) is 12.6 Å². The van der Waals surface area contributed by atoms with Gasteiger partial charge >= 0.3 is 0 Å². The molecule has 0 radical (unpaired) electrons. The van der Waals surface area contributed by atoms with E-state index in [9.17, 15) is 9.90 Å². The predicted molar refractivity (Wildman–Crippen MR) is 47.2 cm³/mol. The van der Waals surface area contributed by atoms with Crippen LogP contribution in [0.4, 0.5) is 0 Å². The Hall–Kier alpha value is -0.100. The lowest BCUT2D eigenvalue weighted by atomic mass is 10.1. The van der Waals surface area contributed by atoms with Crippen molar-refractivity contribution in [3.05, 3.63) is 0 Å². The van der Waals surface area contributed by atoms with Crippen molar-refractivity contribution in [2.75, 3.05) is 6.61 Å². The molecular weight excluding hydrogens is 180 g/mol. The number of carbonyl (C=O) groups is 1. The zero-order valence-electron chi connectivity index (χ0n) is 6.84. The first-order valence-corrected chi connectivity index (χ1v) is 4.25. The van der Waals surface area contributed by atoms with Gasteiger partial charge in [0.2, 0.25) is 0 Å². The van der Waals surface area contributed by atoms with Gasteiger partial charge in [-0.25, -0.2) is 0 Å². The molecule has 72 valence electrons. The Labute approximate surface area is 76.6 Å². The molecule has 0 aromatic rings. The van der Waals surface area contributed by atoms with E-state index in [0.29, 0.717) is 6.42 Å². The van der Waals surface area contributed by atoms with Gasteiger partial charge in [-0.1, -0.05) is 6.92 Å². The number of Topliss-reactive ketones (excluding diaryl/α,β-unsaturated/α-hetero) is 1. The van der Waals surface area contributed by atoms with Crippen molar-refractivity contribution < 1.29 is 20.1 Å². The molecule has 0 aromatic carbocycles. The molecule has 0 aliphatic carbocycles. The molecule has 3 N–H and O–H groups in total. The number of hydrogen-bond donors (Lipinski definition) is 4. The fraction of sp³-hybridized carbons (Fsp3) is 0.857. The van der Waals surface area contributed by atoms with Crippen LogP contribution < -0.4 is 0 Å². The number of aliphatic hydroxyl groups excluding tert-OH is 3. The lowest BCUT2D eigenvalue weighted by Crippen LogP contribution is -2.39. The Kier molecular flexibility index (Phi) is 5.48. The molecule has 0 saturated heterocycles. The predicted octanol–water partition coefficient (Wildman–Crippen LogP) is -1.02. The smallest absolute Gasteiger partial charge is 0.193 e. The lowest BCUT2D eigenvalue weighted by Gasteiger charge is -2.17. The summed E-state index contributed by atoms with van der Waals surface area (Å²) in [6.45, 7) is 1.10. The van der Waals surface area contributed by atoms with Gasteiger partial charge in [-0.15, -0.1) is 0 Å². The minimum Gasteiger partial charge on any atom is -0.393 e. The van der Waals surface area contributed by atoms with Gasteiger partial charge in [0.1, 0.15) is 12.2 Å². The summed E-state index contributed by atoms with van der Waals surface area (Å²) in [5, 5.41) is 26.0. The van der Waals surface area contributed by atoms with E-state index in [1.54, 1.807) is 6.92 Å². The summed E-state index contributed by atoms with van der Waals surface area (Å²) in [6, 6.07) is 0. The summed E-state index contributed by atoms with van der Waals surface area (Å²) in [7, 11) is 0. The Morgan fingerprint density at radius 2 is 2.00 bits per heavy atom. The molecule has 0 rings (SSSR count). The minimum atomic E-state index is -1.50. The van der Waals surface area contributed by atoms with E-state index >= 15 is 0 Å². The zero-order valence-corrected chi connectivity index (χ0v) is 7.74. The number of rotatable bonds is 5. The van der Waals surface area contributed by atoms with Crippen LogP contribution in [0.1, 0.15) is 13.3 Å². The first kappa shape index (κ1) is 11.9. The molecule has 0 heterocycles. The summed E-state index contributed by atoms with van der Waals surface area (Å²) in [4.78, 5) is 11.0. The average molecular weight is 194 g/mol. The normalized spacial score (nSPS) is 18.4. The monoisotopic (exact) mass is 194 g/mol. The highest BCUT2D eigenvalue weighted by Gasteiger charge is 2.26. The van der Waals surface area contributed by atoms with Gasteiger partial charge in [0.05, 0.1) is 6.61 Å². The number of ketones is 1. The first-order chi connectivity index (χ1) is 5.54. The van der Waals surface area contributed by atoms with Crippen molar-refractivity contribution in [2.24, 2.45) is 0 Å². The standard InChI is InChI=1S/C7H14O4S/c1-2-5(12)7(11)6(10)4(9)3-8/h4-5,7-9,11-12H,2-3H2,1H3/t4-,5?,7+/m1/s1. The van der Waals surface area contributed by atoms with Crippen LogP contribution in [0.15, 0.2) is 0 Å². The number of carbonyl (C=O) groups excluding carboxylic acids is 1. The quantitative estimate of drug-likeness (QED) is 0.422. The van der Waals surface area contributed by atoms with Gasteiger partial charge in [0, 0.05) is 5.25 Å². The van der Waals surface area contributed by atoms with Crippen LogP contribution in [0, 0.1) is 0 Å². The van der Waals surface area contributed by atoms with Crippen LogP contribution in [-0.2, 0) is 4.79 Å². The van der Waals surface area contributed by atoms with Crippen LogP contribution in [0.2, 0.25) is 0 Å². The summed E-state index contributed by atoms with van der Waals surface area (Å²) < 4.78 is 0. The van der Waals surface area contributed by atoms with Gasteiger partial charge in [-0.05, 0) is 6.42 Å². The van der Waals surface area contributed by atoms with Crippen molar-refractivity contribution in [1.29, 1.82) is 0 Å². The third kappa shape index (κ3) is 3.10. The van der Waals surface area contributed by atoms with Crippen molar-refractivity contribution in [1.82, 2.24) is 0 Å². The molecule has 3 atom stereocenters. The largest absolute Gasteiger partial charge is 0.393 e. The maximum atomic E-state index is 11.0. The molecule has 0 saturated carbocycles. The summed E-state index contributed by atoms with van der Waals surface area (Å²) in [5.74, 6) is -0.778. The van der Waals surface area contributed by atoms with Crippen molar-refractivity contribution >= 4 is 18.4 Å². The molecule has 12 heavy (non-hydrogen) atoms. The van der Waals surface area contributed by atoms with Crippen LogP contribution in [0.3, 0.4) is 0 Å². The van der Waals surface area contributed by atoms with Gasteiger partial charge < -0.3 is 15.3 Å². The van der Waals surface area contributed by atoms with E-state index < -0.39 is 29.8 Å². The first-order valence-electron chi connectivity index (χ1n) is 3.73. The van der Waals surface area contributed by atoms with Gasteiger partial charge in [0.15, 0.2) is 5.78 Å². The second kappa shape index (κ2) is 5.53. The number of aliphatic hydroxyl groups is 3. The van der Waals surface area contributed by atoms with E-state index in [4.69, 9.17) is 10.2 Å². The highest BCUT2D eigenvalue weighted by molar-refractivity contribution is 7.81. The van der Waals surface area contributed by atoms with Gasteiger partial charge in [-0.3, -0.25) is 4.79 Å². The van der Waals surface area contributed by atoms with E-state index in [0.717, 1.165) is 0 Å². The highest BCUT2D eigenvalue weighted by atomic mass is 32.1. The fourth-order valence-corrected chi connectivity index (χ4v) is 0.847. The van der Waals surface area contributed by atoms with Crippen LogP contribution >= 0.6 is 12.6 Å². The third-order valence-electron chi connectivity index (χ3n) is 1.58. The van der Waals surface area contributed by atoms with Crippen molar-refractivity contribution in [3.8, 4) is 0 Å². The van der Waals surface area contributed by atoms with Crippen LogP contribution in [0.5, 0.6) is 0 Å². The maximum absolute atomic E-state index is 11.0. The highest BCUT2D eigenvalue weighted by Crippen LogP contribution is 2.09. The topological polar surface area (TPSA) is 77.8 Å². The Balaban J connectivity index is 4.09. The van der Waals surface area contributed by atoms with E-state index in [-0.39, 0.29) is 0 Å². The molecule has 5 heteroatoms. The molecular formula is C7H14O4S. The zero-order chi connectivity index (χ0) is 9.72. The van der Waals surface area contributed by atoms with E-state index in [2.05, 4.69) is 12.6 Å². The molecule has 0 spiro atoms. The molecule has 0 fully saturated rings. The second-order valence-corrected chi connectivity index (χ2v) is 3.18. The average Bonchev–Trinajstić information content (AvgIpc) is 2.12. The molecule has 0 aromatic heterocycles. The summed E-state index contributed by atoms with van der Waals surface area (Å²) in [6.07, 6.45) is -2.28. The SMILES string of the molecule is CCC(S)[C@H](O)C(=O)[C@H](O)CO. The molecule has 0 amide bonds. The molecule has 4 nitrogen and oxygen atoms in total. The molecule has 1 unspecified atom stereocenters. The van der Waals surface area contributed by atoms with Crippen molar-refractivity contribution in [2.45, 2.75) is 30.8 Å². The Morgan fingerprint density at radius 1 is 1.50 bits per heavy atom. The van der Waals surface area contributed by atoms with Gasteiger partial charge in [0.25, 0.3) is 0 Å². The fourth-order valence-electron chi connectivity index (χ4n) is 0.700. The minimum absolute atomic E-state index is 0.487. The van der Waals surface area contributed by atoms with E-state index in [1.807, 2.05) is 0 Å². The van der Waals surface area contributed by atoms with Crippen molar-refractivity contribution in [3.63, 3.8) is 0 Å². The van der Waals surface area contributed by atoms with E-state index in [1.165, 1.54) is 0 Å². The maximum Gasteiger partial charge on any atom is 0.193 e. The molecule has 0 aliphatic heterocycles.